The second-order valence-electron chi connectivity index (χ2n) is 4.33. The molecule has 2 aliphatic rings. The van der Waals surface area contributed by atoms with Crippen LogP contribution in [0.2, 0.25) is 0 Å². The standard InChI is InChI=1S/C8H15NO.C3H8/c1-9-5-2-3-8(7-9)4-6-10-8;1-3-2/h2-7H2,1H3;3H2,1-2H3/t8-;/m0./s1. The van der Waals surface area contributed by atoms with Gasteiger partial charge >= 0.3 is 0 Å². The fraction of sp³-hybridized carbons (Fsp3) is 1.00. The lowest BCUT2D eigenvalue weighted by Crippen LogP contribution is -2.54. The molecule has 78 valence electrons. The molecule has 2 heteroatoms. The number of likely N-dealkylation sites (N-methyl/N-ethyl adjacent to an activating group) is 1. The van der Waals surface area contributed by atoms with Gasteiger partial charge < -0.3 is 9.64 Å². The van der Waals surface area contributed by atoms with E-state index in [1.807, 2.05) is 0 Å². The fourth-order valence-electron chi connectivity index (χ4n) is 2.03. The van der Waals surface area contributed by atoms with Crippen molar-refractivity contribution in [1.29, 1.82) is 0 Å². The molecule has 2 saturated heterocycles. The Labute approximate surface area is 82.3 Å². The van der Waals surface area contributed by atoms with Crippen molar-refractivity contribution in [3.05, 3.63) is 0 Å². The fourth-order valence-corrected chi connectivity index (χ4v) is 2.03. The van der Waals surface area contributed by atoms with E-state index in [2.05, 4.69) is 25.8 Å². The third-order valence-electron chi connectivity index (χ3n) is 2.70. The molecule has 0 radical (unpaired) electrons. The van der Waals surface area contributed by atoms with Gasteiger partial charge in [-0.05, 0) is 26.4 Å². The van der Waals surface area contributed by atoms with Gasteiger partial charge in [-0.3, -0.25) is 0 Å². The predicted octanol–water partition coefficient (Wildman–Crippen LogP) is 2.29. The summed E-state index contributed by atoms with van der Waals surface area (Å²) in [6.07, 6.45) is 5.14. The summed E-state index contributed by atoms with van der Waals surface area (Å²) in [5.41, 5.74) is 0.299. The van der Waals surface area contributed by atoms with Gasteiger partial charge in [-0.2, -0.15) is 0 Å². The maximum atomic E-state index is 5.59. The molecule has 1 spiro atoms. The molecule has 2 aliphatic heterocycles. The van der Waals surface area contributed by atoms with E-state index in [-0.39, 0.29) is 0 Å². The van der Waals surface area contributed by atoms with E-state index in [1.54, 1.807) is 0 Å². The summed E-state index contributed by atoms with van der Waals surface area (Å²) in [6.45, 7) is 7.66. The van der Waals surface area contributed by atoms with Crippen LogP contribution in [0.1, 0.15) is 39.5 Å². The van der Waals surface area contributed by atoms with E-state index in [0.29, 0.717) is 5.60 Å². The maximum absolute atomic E-state index is 5.59. The van der Waals surface area contributed by atoms with Crippen LogP contribution in [0.25, 0.3) is 0 Å². The summed E-state index contributed by atoms with van der Waals surface area (Å²) in [4.78, 5) is 2.38. The Morgan fingerprint density at radius 3 is 2.23 bits per heavy atom. The molecule has 2 nitrogen and oxygen atoms in total. The van der Waals surface area contributed by atoms with Crippen LogP contribution >= 0.6 is 0 Å². The number of ether oxygens (including phenoxy) is 1. The van der Waals surface area contributed by atoms with E-state index < -0.39 is 0 Å². The normalized spacial score (nSPS) is 33.5. The van der Waals surface area contributed by atoms with Crippen molar-refractivity contribution in [2.24, 2.45) is 0 Å². The highest BCUT2D eigenvalue weighted by Gasteiger charge is 2.40. The first-order valence-corrected chi connectivity index (χ1v) is 5.55. The molecular weight excluding hydrogens is 162 g/mol. The number of rotatable bonds is 0. The average molecular weight is 185 g/mol. The van der Waals surface area contributed by atoms with Crippen LogP contribution in [-0.4, -0.2) is 37.2 Å². The average Bonchev–Trinajstić information content (AvgIpc) is 2.03. The quantitative estimate of drug-likeness (QED) is 0.574. The third kappa shape index (κ3) is 2.96. The van der Waals surface area contributed by atoms with Crippen molar-refractivity contribution in [2.75, 3.05) is 26.7 Å². The molecule has 2 heterocycles. The second kappa shape index (κ2) is 4.97. The summed E-state index contributed by atoms with van der Waals surface area (Å²) in [6, 6.07) is 0. The molecule has 0 aromatic carbocycles. The minimum atomic E-state index is 0.299. The monoisotopic (exact) mass is 185 g/mol. The molecule has 2 rings (SSSR count). The number of hydrogen-bond acceptors (Lipinski definition) is 2. The molecule has 0 aromatic rings. The van der Waals surface area contributed by atoms with Crippen LogP contribution in [0.4, 0.5) is 0 Å². The Balaban J connectivity index is 0.000000251. The van der Waals surface area contributed by atoms with E-state index in [0.717, 1.165) is 13.2 Å². The first kappa shape index (κ1) is 11.0. The minimum absolute atomic E-state index is 0.299. The second-order valence-corrected chi connectivity index (χ2v) is 4.33. The Morgan fingerprint density at radius 2 is 1.92 bits per heavy atom. The van der Waals surface area contributed by atoms with Gasteiger partial charge in [0, 0.05) is 13.0 Å². The molecule has 2 fully saturated rings. The number of hydrogen-bond donors (Lipinski definition) is 0. The van der Waals surface area contributed by atoms with Crippen molar-refractivity contribution in [3.63, 3.8) is 0 Å². The summed E-state index contributed by atoms with van der Waals surface area (Å²) in [5, 5.41) is 0. The van der Waals surface area contributed by atoms with Crippen molar-refractivity contribution in [1.82, 2.24) is 4.90 Å². The SMILES string of the molecule is CCC.CN1CCC[C@]2(CCO2)C1. The zero-order valence-electron chi connectivity index (χ0n) is 9.31. The molecule has 13 heavy (non-hydrogen) atoms. The number of piperidine rings is 1. The van der Waals surface area contributed by atoms with Crippen LogP contribution in [0.5, 0.6) is 0 Å². The van der Waals surface area contributed by atoms with Gasteiger partial charge in [0.2, 0.25) is 0 Å². The molecule has 0 N–H and O–H groups in total. The topological polar surface area (TPSA) is 12.5 Å². The molecule has 0 saturated carbocycles. The summed E-state index contributed by atoms with van der Waals surface area (Å²) >= 11 is 0. The molecule has 0 bridgehead atoms. The Kier molecular flexibility index (Phi) is 4.20. The molecular formula is C11H23NO. The highest BCUT2D eigenvalue weighted by molar-refractivity contribution is 4.92. The van der Waals surface area contributed by atoms with Crippen LogP contribution in [0, 0.1) is 0 Å². The van der Waals surface area contributed by atoms with Crippen molar-refractivity contribution < 1.29 is 4.74 Å². The van der Waals surface area contributed by atoms with E-state index in [9.17, 15) is 0 Å². The van der Waals surface area contributed by atoms with Crippen molar-refractivity contribution in [3.8, 4) is 0 Å². The van der Waals surface area contributed by atoms with Crippen LogP contribution in [-0.2, 0) is 4.74 Å². The van der Waals surface area contributed by atoms with Crippen molar-refractivity contribution >= 4 is 0 Å². The lowest BCUT2D eigenvalue weighted by molar-refractivity contribution is -0.173. The Hall–Kier alpha value is -0.0800. The van der Waals surface area contributed by atoms with Gasteiger partial charge in [0.1, 0.15) is 0 Å². The summed E-state index contributed by atoms with van der Waals surface area (Å²) < 4.78 is 5.59. The third-order valence-corrected chi connectivity index (χ3v) is 2.70. The van der Waals surface area contributed by atoms with Gasteiger partial charge in [-0.15, -0.1) is 0 Å². The molecule has 1 atom stereocenters. The zero-order chi connectivity index (χ0) is 9.73. The maximum Gasteiger partial charge on any atom is 0.0831 e. The zero-order valence-corrected chi connectivity index (χ0v) is 9.31. The van der Waals surface area contributed by atoms with Crippen LogP contribution in [0.3, 0.4) is 0 Å². The highest BCUT2D eigenvalue weighted by Crippen LogP contribution is 2.34. The molecule has 0 aliphatic carbocycles. The lowest BCUT2D eigenvalue weighted by Gasteiger charge is -2.47. The summed E-state index contributed by atoms with van der Waals surface area (Å²) in [7, 11) is 2.18. The smallest absolute Gasteiger partial charge is 0.0831 e. The van der Waals surface area contributed by atoms with Crippen molar-refractivity contribution in [2.45, 2.75) is 45.1 Å². The molecule has 0 aromatic heterocycles. The highest BCUT2D eigenvalue weighted by atomic mass is 16.5. The van der Waals surface area contributed by atoms with E-state index >= 15 is 0 Å². The first-order valence-electron chi connectivity index (χ1n) is 5.55. The van der Waals surface area contributed by atoms with Gasteiger partial charge in [-0.1, -0.05) is 20.3 Å². The summed E-state index contributed by atoms with van der Waals surface area (Å²) in [5.74, 6) is 0. The minimum Gasteiger partial charge on any atom is -0.373 e. The van der Waals surface area contributed by atoms with E-state index in [4.69, 9.17) is 4.74 Å². The van der Waals surface area contributed by atoms with Crippen LogP contribution < -0.4 is 0 Å². The lowest BCUT2D eigenvalue weighted by atomic mass is 9.86. The predicted molar refractivity (Wildman–Crippen MR) is 56.0 cm³/mol. The van der Waals surface area contributed by atoms with Gasteiger partial charge in [0.15, 0.2) is 0 Å². The van der Waals surface area contributed by atoms with Gasteiger partial charge in [-0.25, -0.2) is 0 Å². The largest absolute Gasteiger partial charge is 0.373 e. The first-order chi connectivity index (χ1) is 6.22. The van der Waals surface area contributed by atoms with Gasteiger partial charge in [0.05, 0.1) is 12.2 Å². The Morgan fingerprint density at radius 1 is 1.31 bits per heavy atom. The molecule has 0 unspecified atom stereocenters. The van der Waals surface area contributed by atoms with Gasteiger partial charge in [0.25, 0.3) is 0 Å². The Bertz CT molecular complexity index is 143. The molecule has 0 amide bonds. The van der Waals surface area contributed by atoms with Crippen LogP contribution in [0.15, 0.2) is 0 Å². The number of likely N-dealkylation sites (tertiary alicyclic amines) is 1. The number of nitrogens with zero attached hydrogens (tertiary/aromatic N) is 1. The van der Waals surface area contributed by atoms with E-state index in [1.165, 1.54) is 32.2 Å².